The molecule has 0 saturated heterocycles. The predicted molar refractivity (Wildman–Crippen MR) is 88.3 cm³/mol. The van der Waals surface area contributed by atoms with Crippen molar-refractivity contribution < 1.29 is 22.6 Å². The summed E-state index contributed by atoms with van der Waals surface area (Å²) in [4.78, 5) is 25.1. The molecule has 2 aromatic rings. The average molecular weight is 345 g/mol. The maximum atomic E-state index is 12.9. The van der Waals surface area contributed by atoms with Crippen LogP contribution in [0.3, 0.4) is 0 Å². The van der Waals surface area contributed by atoms with Gasteiger partial charge in [0, 0.05) is 28.4 Å². The molecule has 0 bridgehead atoms. The largest absolute Gasteiger partial charge is 0.382 e. The SMILES string of the molecule is CC(C)Nc1cccc2c1C(=O)c1cc(S(=O)(=O)O)ccc1C2=O. The Morgan fingerprint density at radius 3 is 2.29 bits per heavy atom. The molecule has 2 N–H and O–H groups in total. The lowest BCUT2D eigenvalue weighted by Gasteiger charge is -2.22. The molecular formula is C17H15NO5S. The zero-order valence-electron chi connectivity index (χ0n) is 13.0. The first-order valence-electron chi connectivity index (χ1n) is 7.30. The number of fused-ring (bicyclic) bond motifs is 2. The molecule has 2 aromatic carbocycles. The van der Waals surface area contributed by atoms with Gasteiger partial charge in [-0.05, 0) is 38.1 Å². The van der Waals surface area contributed by atoms with Gasteiger partial charge >= 0.3 is 0 Å². The summed E-state index contributed by atoms with van der Waals surface area (Å²) in [6, 6.07) is 8.41. The number of rotatable bonds is 3. The van der Waals surface area contributed by atoms with Crippen molar-refractivity contribution in [3.8, 4) is 0 Å². The van der Waals surface area contributed by atoms with Gasteiger partial charge in [0.1, 0.15) is 0 Å². The van der Waals surface area contributed by atoms with Crippen molar-refractivity contribution in [3.63, 3.8) is 0 Å². The first kappa shape index (κ1) is 16.4. The summed E-state index contributed by atoms with van der Waals surface area (Å²) in [7, 11) is -4.46. The van der Waals surface area contributed by atoms with E-state index >= 15 is 0 Å². The van der Waals surface area contributed by atoms with Crippen LogP contribution in [0.15, 0.2) is 41.3 Å². The van der Waals surface area contributed by atoms with Gasteiger partial charge in [-0.1, -0.05) is 12.1 Å². The molecule has 0 unspecified atom stereocenters. The van der Waals surface area contributed by atoms with Gasteiger partial charge in [0.15, 0.2) is 11.6 Å². The van der Waals surface area contributed by atoms with Gasteiger partial charge in [-0.25, -0.2) is 0 Å². The van der Waals surface area contributed by atoms with Crippen molar-refractivity contribution >= 4 is 27.4 Å². The summed E-state index contributed by atoms with van der Waals surface area (Å²) in [5.41, 5.74) is 1.11. The zero-order chi connectivity index (χ0) is 17.6. The van der Waals surface area contributed by atoms with Crippen molar-refractivity contribution in [2.24, 2.45) is 0 Å². The highest BCUT2D eigenvalue weighted by Crippen LogP contribution is 2.33. The highest BCUT2D eigenvalue weighted by Gasteiger charge is 2.32. The van der Waals surface area contributed by atoms with Crippen LogP contribution >= 0.6 is 0 Å². The van der Waals surface area contributed by atoms with Gasteiger partial charge in [0.25, 0.3) is 10.1 Å². The van der Waals surface area contributed by atoms with Gasteiger partial charge in [0.05, 0.1) is 10.5 Å². The Kier molecular flexibility index (Phi) is 3.77. The number of hydrogen-bond donors (Lipinski definition) is 2. The fraction of sp³-hybridized carbons (Fsp3) is 0.176. The van der Waals surface area contributed by atoms with Gasteiger partial charge in [-0.2, -0.15) is 8.42 Å². The highest BCUT2D eigenvalue weighted by atomic mass is 32.2. The standard InChI is InChI=1S/C17H15NO5S/c1-9(2)18-14-5-3-4-12-15(14)17(20)13-8-10(24(21,22)23)6-7-11(13)16(12)19/h3-9,18H,1-2H3,(H,21,22,23). The van der Waals surface area contributed by atoms with Gasteiger partial charge < -0.3 is 5.32 Å². The molecule has 0 heterocycles. The Bertz CT molecular complexity index is 976. The topological polar surface area (TPSA) is 101 Å². The molecule has 0 saturated carbocycles. The second-order valence-electron chi connectivity index (χ2n) is 5.87. The summed E-state index contributed by atoms with van der Waals surface area (Å²) in [5, 5.41) is 3.12. The Morgan fingerprint density at radius 2 is 1.67 bits per heavy atom. The fourth-order valence-corrected chi connectivity index (χ4v) is 3.27. The monoisotopic (exact) mass is 345 g/mol. The van der Waals surface area contributed by atoms with Crippen LogP contribution in [0, 0.1) is 0 Å². The maximum Gasteiger partial charge on any atom is 0.294 e. The normalized spacial score (nSPS) is 13.7. The molecule has 3 rings (SSSR count). The van der Waals surface area contributed by atoms with Crippen molar-refractivity contribution in [1.82, 2.24) is 0 Å². The Hall–Kier alpha value is -2.51. The third kappa shape index (κ3) is 2.61. The molecule has 0 amide bonds. The first-order valence-corrected chi connectivity index (χ1v) is 8.74. The quantitative estimate of drug-likeness (QED) is 0.708. The molecule has 1 aliphatic carbocycles. The lowest BCUT2D eigenvalue weighted by atomic mass is 9.83. The lowest BCUT2D eigenvalue weighted by Crippen LogP contribution is -2.24. The second-order valence-corrected chi connectivity index (χ2v) is 7.29. The van der Waals surface area contributed by atoms with E-state index in [-0.39, 0.29) is 34.1 Å². The molecule has 1 aliphatic rings. The van der Waals surface area contributed by atoms with Crippen LogP contribution < -0.4 is 5.32 Å². The Morgan fingerprint density at radius 1 is 0.958 bits per heavy atom. The number of benzene rings is 2. The molecule has 0 fully saturated rings. The lowest BCUT2D eigenvalue weighted by molar-refractivity contribution is 0.0979. The van der Waals surface area contributed by atoms with Gasteiger partial charge in [0.2, 0.25) is 0 Å². The third-order valence-electron chi connectivity index (χ3n) is 3.76. The van der Waals surface area contributed by atoms with Crippen molar-refractivity contribution in [2.75, 3.05) is 5.32 Å². The number of carbonyl (C=O) groups is 2. The number of hydrogen-bond acceptors (Lipinski definition) is 5. The molecule has 0 radical (unpaired) electrons. The molecule has 7 heteroatoms. The Balaban J connectivity index is 2.24. The van der Waals surface area contributed by atoms with E-state index in [9.17, 15) is 22.6 Å². The minimum absolute atomic E-state index is 0.0272. The minimum Gasteiger partial charge on any atom is -0.382 e. The van der Waals surface area contributed by atoms with E-state index in [4.69, 9.17) is 0 Å². The summed E-state index contributed by atoms with van der Waals surface area (Å²) < 4.78 is 31.8. The van der Waals surface area contributed by atoms with E-state index in [0.717, 1.165) is 12.1 Å². The van der Waals surface area contributed by atoms with Crippen molar-refractivity contribution in [2.45, 2.75) is 24.8 Å². The van der Waals surface area contributed by atoms with Crippen molar-refractivity contribution in [1.29, 1.82) is 0 Å². The van der Waals surface area contributed by atoms with Crippen LogP contribution in [-0.2, 0) is 10.1 Å². The van der Waals surface area contributed by atoms with Crippen LogP contribution in [-0.4, -0.2) is 30.6 Å². The first-order chi connectivity index (χ1) is 11.2. The van der Waals surface area contributed by atoms with Crippen LogP contribution in [0.1, 0.15) is 45.7 Å². The van der Waals surface area contributed by atoms with Crippen molar-refractivity contribution in [3.05, 3.63) is 58.7 Å². The van der Waals surface area contributed by atoms with Crippen LogP contribution in [0.4, 0.5) is 5.69 Å². The number of anilines is 1. The molecule has 0 aliphatic heterocycles. The molecule has 0 atom stereocenters. The molecule has 124 valence electrons. The summed E-state index contributed by atoms with van der Waals surface area (Å²) >= 11 is 0. The highest BCUT2D eigenvalue weighted by molar-refractivity contribution is 7.85. The van der Waals surface area contributed by atoms with E-state index in [1.165, 1.54) is 6.07 Å². The number of nitrogens with one attached hydrogen (secondary N) is 1. The average Bonchev–Trinajstić information content (AvgIpc) is 2.50. The van der Waals surface area contributed by atoms with E-state index < -0.39 is 20.8 Å². The molecule has 0 spiro atoms. The fourth-order valence-electron chi connectivity index (χ4n) is 2.77. The molecule has 24 heavy (non-hydrogen) atoms. The third-order valence-corrected chi connectivity index (χ3v) is 4.61. The summed E-state index contributed by atoms with van der Waals surface area (Å²) in [5.74, 6) is -0.803. The number of ketones is 2. The number of carbonyl (C=O) groups excluding carboxylic acids is 2. The Labute approximate surface area is 139 Å². The molecule has 6 nitrogen and oxygen atoms in total. The predicted octanol–water partition coefficient (Wildman–Crippen LogP) is 2.53. The van der Waals surface area contributed by atoms with E-state index in [0.29, 0.717) is 5.69 Å². The maximum absolute atomic E-state index is 12.9. The van der Waals surface area contributed by atoms with E-state index in [1.807, 2.05) is 13.8 Å². The van der Waals surface area contributed by atoms with Crippen LogP contribution in [0.2, 0.25) is 0 Å². The zero-order valence-corrected chi connectivity index (χ0v) is 13.8. The second kappa shape index (κ2) is 5.54. The molecule has 0 aromatic heterocycles. The van der Waals surface area contributed by atoms with E-state index in [1.54, 1.807) is 18.2 Å². The van der Waals surface area contributed by atoms with Gasteiger partial charge in [-0.15, -0.1) is 0 Å². The molecular weight excluding hydrogens is 330 g/mol. The summed E-state index contributed by atoms with van der Waals surface area (Å²) in [6.45, 7) is 3.80. The van der Waals surface area contributed by atoms with Crippen LogP contribution in [0.5, 0.6) is 0 Å². The van der Waals surface area contributed by atoms with E-state index in [2.05, 4.69) is 5.32 Å². The van der Waals surface area contributed by atoms with Gasteiger partial charge in [-0.3, -0.25) is 14.1 Å². The minimum atomic E-state index is -4.46. The summed E-state index contributed by atoms with van der Waals surface area (Å²) in [6.07, 6.45) is 0. The smallest absolute Gasteiger partial charge is 0.294 e. The van der Waals surface area contributed by atoms with Crippen LogP contribution in [0.25, 0.3) is 0 Å².